The van der Waals surface area contributed by atoms with Gasteiger partial charge in [-0.3, -0.25) is 0 Å². The van der Waals surface area contributed by atoms with Gasteiger partial charge < -0.3 is 10.6 Å². The number of rotatable bonds is 5. The second-order valence-corrected chi connectivity index (χ2v) is 5.52. The number of benzene rings is 1. The molecule has 0 aliphatic carbocycles. The third kappa shape index (κ3) is 3.22. The molecule has 1 aromatic carbocycles. The summed E-state index contributed by atoms with van der Waals surface area (Å²) in [6, 6.07) is 6.80. The first-order valence-corrected chi connectivity index (χ1v) is 6.73. The minimum atomic E-state index is 0.738. The topological polar surface area (TPSA) is 24.1 Å². The summed E-state index contributed by atoms with van der Waals surface area (Å²) in [4.78, 5) is 0. The van der Waals surface area contributed by atoms with Gasteiger partial charge >= 0.3 is 0 Å². The molecule has 0 spiro atoms. The van der Waals surface area contributed by atoms with Crippen LogP contribution >= 0.6 is 0 Å². The van der Waals surface area contributed by atoms with Gasteiger partial charge in [-0.1, -0.05) is 32.9 Å². The molecule has 2 rings (SSSR count). The van der Waals surface area contributed by atoms with Crippen molar-refractivity contribution in [3.63, 3.8) is 0 Å². The monoisotopic (exact) mass is 232 g/mol. The first-order chi connectivity index (χ1) is 8.16. The van der Waals surface area contributed by atoms with Crippen LogP contribution in [0.2, 0.25) is 0 Å². The van der Waals surface area contributed by atoms with Crippen LogP contribution in [0, 0.1) is 11.8 Å². The Bertz CT molecular complexity index is 371. The number of hydrogen-bond acceptors (Lipinski definition) is 2. The van der Waals surface area contributed by atoms with Crippen molar-refractivity contribution < 1.29 is 0 Å². The molecule has 2 N–H and O–H groups in total. The van der Waals surface area contributed by atoms with Crippen LogP contribution in [0.1, 0.15) is 31.9 Å². The molecule has 17 heavy (non-hydrogen) atoms. The standard InChI is InChI=1S/C15H24N2/c1-11(2)12(3)9-16-10-13-4-5-14-6-7-17-15(14)8-13/h4-5,8,11-12,16-17H,6-7,9-10H2,1-3H3. The van der Waals surface area contributed by atoms with E-state index in [1.165, 1.54) is 23.2 Å². The molecule has 1 aliphatic rings. The Morgan fingerprint density at radius 1 is 1.29 bits per heavy atom. The van der Waals surface area contributed by atoms with Gasteiger partial charge in [0, 0.05) is 18.8 Å². The number of anilines is 1. The molecule has 1 aliphatic heterocycles. The fourth-order valence-electron chi connectivity index (χ4n) is 2.13. The zero-order chi connectivity index (χ0) is 12.3. The van der Waals surface area contributed by atoms with Gasteiger partial charge in [0.2, 0.25) is 0 Å². The van der Waals surface area contributed by atoms with E-state index in [1.54, 1.807) is 0 Å². The SMILES string of the molecule is CC(C)C(C)CNCc1ccc2c(c1)NCC2. The summed E-state index contributed by atoms with van der Waals surface area (Å²) < 4.78 is 0. The Balaban J connectivity index is 1.83. The minimum Gasteiger partial charge on any atom is -0.384 e. The number of hydrogen-bond donors (Lipinski definition) is 2. The second-order valence-electron chi connectivity index (χ2n) is 5.52. The van der Waals surface area contributed by atoms with Gasteiger partial charge in [0.15, 0.2) is 0 Å². The third-order valence-corrected chi connectivity index (χ3v) is 3.82. The maximum atomic E-state index is 3.55. The third-order valence-electron chi connectivity index (χ3n) is 3.82. The van der Waals surface area contributed by atoms with Crippen LogP contribution in [0.4, 0.5) is 5.69 Å². The summed E-state index contributed by atoms with van der Waals surface area (Å²) in [5.74, 6) is 1.49. The van der Waals surface area contributed by atoms with E-state index in [0.29, 0.717) is 0 Å². The Kier molecular flexibility index (Phi) is 4.06. The van der Waals surface area contributed by atoms with Crippen molar-refractivity contribution in [2.24, 2.45) is 11.8 Å². The first kappa shape index (κ1) is 12.4. The second kappa shape index (κ2) is 5.54. The Morgan fingerprint density at radius 3 is 2.88 bits per heavy atom. The summed E-state index contributed by atoms with van der Waals surface area (Å²) in [7, 11) is 0. The quantitative estimate of drug-likeness (QED) is 0.815. The predicted octanol–water partition coefficient (Wildman–Crippen LogP) is 3.04. The lowest BCUT2D eigenvalue weighted by Crippen LogP contribution is -2.23. The molecular formula is C15H24N2. The van der Waals surface area contributed by atoms with Crippen LogP contribution in [0.15, 0.2) is 18.2 Å². The van der Waals surface area contributed by atoms with Gasteiger partial charge in [0.1, 0.15) is 0 Å². The maximum absolute atomic E-state index is 3.55. The van der Waals surface area contributed by atoms with Crippen molar-refractivity contribution in [3.8, 4) is 0 Å². The zero-order valence-corrected chi connectivity index (χ0v) is 11.2. The largest absolute Gasteiger partial charge is 0.384 e. The average molecular weight is 232 g/mol. The van der Waals surface area contributed by atoms with Crippen LogP contribution in [-0.4, -0.2) is 13.1 Å². The van der Waals surface area contributed by atoms with E-state index in [9.17, 15) is 0 Å². The molecule has 1 unspecified atom stereocenters. The van der Waals surface area contributed by atoms with Crippen LogP contribution in [0.5, 0.6) is 0 Å². The molecule has 0 amide bonds. The molecule has 2 heteroatoms. The molecule has 1 heterocycles. The van der Waals surface area contributed by atoms with Crippen molar-refractivity contribution in [2.75, 3.05) is 18.4 Å². The van der Waals surface area contributed by atoms with E-state index in [0.717, 1.165) is 31.5 Å². The van der Waals surface area contributed by atoms with E-state index in [4.69, 9.17) is 0 Å². The fourth-order valence-corrected chi connectivity index (χ4v) is 2.13. The molecule has 0 saturated heterocycles. The van der Waals surface area contributed by atoms with Crippen LogP contribution in [-0.2, 0) is 13.0 Å². The van der Waals surface area contributed by atoms with Crippen LogP contribution < -0.4 is 10.6 Å². The number of nitrogens with one attached hydrogen (secondary N) is 2. The van der Waals surface area contributed by atoms with Crippen LogP contribution in [0.3, 0.4) is 0 Å². The Labute approximate surface area is 105 Å². The summed E-state index contributed by atoms with van der Waals surface area (Å²) >= 11 is 0. The Hall–Kier alpha value is -1.02. The van der Waals surface area contributed by atoms with Crippen molar-refractivity contribution >= 4 is 5.69 Å². The normalized spacial score (nSPS) is 15.8. The van der Waals surface area contributed by atoms with Crippen molar-refractivity contribution in [1.82, 2.24) is 5.32 Å². The van der Waals surface area contributed by atoms with Gasteiger partial charge in [-0.05, 0) is 42.0 Å². The first-order valence-electron chi connectivity index (χ1n) is 6.73. The smallest absolute Gasteiger partial charge is 0.0376 e. The van der Waals surface area contributed by atoms with Crippen molar-refractivity contribution in [3.05, 3.63) is 29.3 Å². The van der Waals surface area contributed by atoms with Gasteiger partial charge in [-0.25, -0.2) is 0 Å². The molecule has 0 saturated carbocycles. The van der Waals surface area contributed by atoms with Gasteiger partial charge in [0.25, 0.3) is 0 Å². The number of fused-ring (bicyclic) bond motifs is 1. The van der Waals surface area contributed by atoms with Crippen molar-refractivity contribution in [1.29, 1.82) is 0 Å². The lowest BCUT2D eigenvalue weighted by molar-refractivity contribution is 0.392. The molecule has 1 atom stereocenters. The van der Waals surface area contributed by atoms with E-state index in [1.807, 2.05) is 0 Å². The van der Waals surface area contributed by atoms with E-state index < -0.39 is 0 Å². The molecular weight excluding hydrogens is 208 g/mol. The van der Waals surface area contributed by atoms with E-state index in [-0.39, 0.29) is 0 Å². The van der Waals surface area contributed by atoms with E-state index >= 15 is 0 Å². The molecule has 0 aromatic heterocycles. The van der Waals surface area contributed by atoms with E-state index in [2.05, 4.69) is 49.6 Å². The maximum Gasteiger partial charge on any atom is 0.0376 e. The lowest BCUT2D eigenvalue weighted by atomic mass is 9.98. The molecule has 0 fully saturated rings. The molecule has 0 radical (unpaired) electrons. The summed E-state index contributed by atoms with van der Waals surface area (Å²) in [6.07, 6.45) is 1.17. The molecule has 0 bridgehead atoms. The molecule has 2 nitrogen and oxygen atoms in total. The van der Waals surface area contributed by atoms with Crippen LogP contribution in [0.25, 0.3) is 0 Å². The summed E-state index contributed by atoms with van der Waals surface area (Å²) in [5, 5.41) is 6.98. The highest BCUT2D eigenvalue weighted by Crippen LogP contribution is 2.23. The van der Waals surface area contributed by atoms with Gasteiger partial charge in [-0.15, -0.1) is 0 Å². The highest BCUT2D eigenvalue weighted by atomic mass is 14.9. The Morgan fingerprint density at radius 2 is 2.12 bits per heavy atom. The molecule has 94 valence electrons. The minimum absolute atomic E-state index is 0.738. The fraction of sp³-hybridized carbons (Fsp3) is 0.600. The summed E-state index contributed by atoms with van der Waals surface area (Å²) in [5.41, 5.74) is 4.18. The zero-order valence-electron chi connectivity index (χ0n) is 11.2. The van der Waals surface area contributed by atoms with Gasteiger partial charge in [-0.2, -0.15) is 0 Å². The highest BCUT2D eigenvalue weighted by Gasteiger charge is 2.10. The predicted molar refractivity (Wildman–Crippen MR) is 74.3 cm³/mol. The molecule has 1 aromatic rings. The average Bonchev–Trinajstić information content (AvgIpc) is 2.75. The van der Waals surface area contributed by atoms with Crippen molar-refractivity contribution in [2.45, 2.75) is 33.7 Å². The van der Waals surface area contributed by atoms with Gasteiger partial charge in [0.05, 0.1) is 0 Å². The highest BCUT2D eigenvalue weighted by molar-refractivity contribution is 5.56. The lowest BCUT2D eigenvalue weighted by Gasteiger charge is -2.16. The summed E-state index contributed by atoms with van der Waals surface area (Å²) in [6.45, 7) is 10.0.